The summed E-state index contributed by atoms with van der Waals surface area (Å²) in [4.78, 5) is 2.54. The molecule has 2 aliphatic rings. The third-order valence-electron chi connectivity index (χ3n) is 4.29. The average Bonchev–Trinajstić information content (AvgIpc) is 2.72. The average molecular weight is 241 g/mol. The normalized spacial score (nSPS) is 32.5. The zero-order chi connectivity index (χ0) is 12.5. The SMILES string of the molecule is CC(C)(C)C(O)CCN1CCOC2CCCC21. The van der Waals surface area contributed by atoms with Gasteiger partial charge in [-0.15, -0.1) is 0 Å². The number of hydrogen-bond donors (Lipinski definition) is 1. The molecule has 1 N–H and O–H groups in total. The highest BCUT2D eigenvalue weighted by molar-refractivity contribution is 4.89. The van der Waals surface area contributed by atoms with E-state index in [4.69, 9.17) is 4.74 Å². The molecule has 0 aromatic carbocycles. The lowest BCUT2D eigenvalue weighted by atomic mass is 9.87. The molecule has 100 valence electrons. The van der Waals surface area contributed by atoms with Crippen LogP contribution in [0.3, 0.4) is 0 Å². The van der Waals surface area contributed by atoms with E-state index < -0.39 is 0 Å². The summed E-state index contributed by atoms with van der Waals surface area (Å²) in [7, 11) is 0. The molecule has 3 heteroatoms. The van der Waals surface area contributed by atoms with E-state index in [-0.39, 0.29) is 11.5 Å². The van der Waals surface area contributed by atoms with Crippen LogP contribution in [0, 0.1) is 5.41 Å². The fourth-order valence-corrected chi connectivity index (χ4v) is 3.00. The Bertz CT molecular complexity index is 249. The first kappa shape index (κ1) is 13.3. The maximum Gasteiger partial charge on any atom is 0.0730 e. The molecule has 3 unspecified atom stereocenters. The van der Waals surface area contributed by atoms with Crippen molar-refractivity contribution in [1.82, 2.24) is 4.90 Å². The van der Waals surface area contributed by atoms with Crippen molar-refractivity contribution in [2.45, 2.75) is 64.7 Å². The molecule has 0 aromatic rings. The van der Waals surface area contributed by atoms with Gasteiger partial charge in [-0.2, -0.15) is 0 Å². The maximum atomic E-state index is 10.1. The van der Waals surface area contributed by atoms with Gasteiger partial charge in [-0.25, -0.2) is 0 Å². The van der Waals surface area contributed by atoms with Gasteiger partial charge < -0.3 is 9.84 Å². The predicted octanol–water partition coefficient (Wildman–Crippen LogP) is 2.04. The first-order valence-electron chi connectivity index (χ1n) is 7.02. The van der Waals surface area contributed by atoms with Gasteiger partial charge in [0.05, 0.1) is 18.8 Å². The molecule has 1 saturated heterocycles. The van der Waals surface area contributed by atoms with Crippen molar-refractivity contribution in [1.29, 1.82) is 0 Å². The first-order valence-corrected chi connectivity index (χ1v) is 7.02. The number of aliphatic hydroxyl groups is 1. The van der Waals surface area contributed by atoms with Crippen molar-refractivity contribution in [3.63, 3.8) is 0 Å². The van der Waals surface area contributed by atoms with Crippen molar-refractivity contribution < 1.29 is 9.84 Å². The van der Waals surface area contributed by atoms with Crippen LogP contribution in [0.1, 0.15) is 46.5 Å². The maximum absolute atomic E-state index is 10.1. The summed E-state index contributed by atoms with van der Waals surface area (Å²) in [6.45, 7) is 9.24. The zero-order valence-corrected chi connectivity index (χ0v) is 11.5. The molecule has 2 rings (SSSR count). The number of morpholine rings is 1. The lowest BCUT2D eigenvalue weighted by molar-refractivity contribution is -0.0620. The second-order valence-corrected chi connectivity index (χ2v) is 6.61. The van der Waals surface area contributed by atoms with E-state index in [1.165, 1.54) is 19.3 Å². The molecule has 1 heterocycles. The monoisotopic (exact) mass is 241 g/mol. The Morgan fingerprint density at radius 3 is 2.82 bits per heavy atom. The van der Waals surface area contributed by atoms with Crippen molar-refractivity contribution in [3.8, 4) is 0 Å². The Balaban J connectivity index is 1.82. The Morgan fingerprint density at radius 2 is 2.12 bits per heavy atom. The highest BCUT2D eigenvalue weighted by Gasteiger charge is 2.36. The number of aliphatic hydroxyl groups excluding tert-OH is 1. The van der Waals surface area contributed by atoms with Crippen LogP contribution in [0.4, 0.5) is 0 Å². The lowest BCUT2D eigenvalue weighted by Crippen LogP contribution is -2.49. The smallest absolute Gasteiger partial charge is 0.0730 e. The third kappa shape index (κ3) is 3.21. The molecule has 3 nitrogen and oxygen atoms in total. The molecule has 1 saturated carbocycles. The predicted molar refractivity (Wildman–Crippen MR) is 69.0 cm³/mol. The minimum absolute atomic E-state index is 0.00135. The Labute approximate surface area is 105 Å². The summed E-state index contributed by atoms with van der Waals surface area (Å²) >= 11 is 0. The van der Waals surface area contributed by atoms with Gasteiger partial charge in [-0.05, 0) is 31.1 Å². The number of rotatable bonds is 3. The Morgan fingerprint density at radius 1 is 1.35 bits per heavy atom. The second-order valence-electron chi connectivity index (χ2n) is 6.61. The van der Waals surface area contributed by atoms with E-state index in [2.05, 4.69) is 25.7 Å². The van der Waals surface area contributed by atoms with Gasteiger partial charge >= 0.3 is 0 Å². The Kier molecular flexibility index (Phi) is 4.11. The number of fused-ring (bicyclic) bond motifs is 1. The molecule has 0 radical (unpaired) electrons. The third-order valence-corrected chi connectivity index (χ3v) is 4.29. The van der Waals surface area contributed by atoms with E-state index >= 15 is 0 Å². The minimum atomic E-state index is -0.204. The first-order chi connectivity index (χ1) is 7.98. The van der Waals surface area contributed by atoms with E-state index in [9.17, 15) is 5.11 Å². The van der Waals surface area contributed by atoms with Gasteiger partial charge in [0.15, 0.2) is 0 Å². The number of ether oxygens (including phenoxy) is 1. The molecule has 1 aliphatic heterocycles. The second kappa shape index (κ2) is 5.25. The van der Waals surface area contributed by atoms with Gasteiger partial charge in [0, 0.05) is 19.1 Å². The minimum Gasteiger partial charge on any atom is -0.393 e. The van der Waals surface area contributed by atoms with Crippen LogP contribution in [-0.2, 0) is 4.74 Å². The summed E-state index contributed by atoms with van der Waals surface area (Å²) in [5.41, 5.74) is 0.00135. The fraction of sp³-hybridized carbons (Fsp3) is 1.00. The molecule has 0 amide bonds. The lowest BCUT2D eigenvalue weighted by Gasteiger charge is -2.38. The topological polar surface area (TPSA) is 32.7 Å². The van der Waals surface area contributed by atoms with Gasteiger partial charge in [-0.1, -0.05) is 20.8 Å². The van der Waals surface area contributed by atoms with Crippen LogP contribution in [0.15, 0.2) is 0 Å². The van der Waals surface area contributed by atoms with E-state index in [1.54, 1.807) is 0 Å². The summed E-state index contributed by atoms with van der Waals surface area (Å²) in [6, 6.07) is 0.621. The van der Waals surface area contributed by atoms with Gasteiger partial charge in [0.1, 0.15) is 0 Å². The van der Waals surface area contributed by atoms with Crippen molar-refractivity contribution in [2.75, 3.05) is 19.7 Å². The molecule has 0 bridgehead atoms. The van der Waals surface area contributed by atoms with Crippen molar-refractivity contribution in [2.24, 2.45) is 5.41 Å². The van der Waals surface area contributed by atoms with Crippen LogP contribution >= 0.6 is 0 Å². The summed E-state index contributed by atoms with van der Waals surface area (Å²) in [5.74, 6) is 0. The van der Waals surface area contributed by atoms with E-state index in [0.717, 1.165) is 26.1 Å². The van der Waals surface area contributed by atoms with Crippen LogP contribution in [0.5, 0.6) is 0 Å². The summed E-state index contributed by atoms with van der Waals surface area (Å²) < 4.78 is 5.80. The van der Waals surface area contributed by atoms with Crippen molar-refractivity contribution in [3.05, 3.63) is 0 Å². The number of hydrogen-bond acceptors (Lipinski definition) is 3. The summed E-state index contributed by atoms with van der Waals surface area (Å²) in [5, 5.41) is 10.1. The molecular weight excluding hydrogens is 214 g/mol. The molecule has 0 aromatic heterocycles. The van der Waals surface area contributed by atoms with Crippen LogP contribution in [0.25, 0.3) is 0 Å². The van der Waals surface area contributed by atoms with Crippen LogP contribution in [-0.4, -0.2) is 48.0 Å². The molecule has 3 atom stereocenters. The standard InChI is InChI=1S/C14H27NO2/c1-14(2,3)13(16)7-8-15-9-10-17-12-6-4-5-11(12)15/h11-13,16H,4-10H2,1-3H3. The van der Waals surface area contributed by atoms with E-state index in [0.29, 0.717) is 12.1 Å². The molecular formula is C14H27NO2. The quantitative estimate of drug-likeness (QED) is 0.820. The van der Waals surface area contributed by atoms with E-state index in [1.807, 2.05) is 0 Å². The fourth-order valence-electron chi connectivity index (χ4n) is 3.00. The van der Waals surface area contributed by atoms with Crippen LogP contribution in [0.2, 0.25) is 0 Å². The molecule has 0 spiro atoms. The molecule has 2 fully saturated rings. The van der Waals surface area contributed by atoms with Gasteiger partial charge in [-0.3, -0.25) is 4.90 Å². The highest BCUT2D eigenvalue weighted by atomic mass is 16.5. The van der Waals surface area contributed by atoms with Crippen molar-refractivity contribution >= 4 is 0 Å². The van der Waals surface area contributed by atoms with Crippen LogP contribution < -0.4 is 0 Å². The zero-order valence-electron chi connectivity index (χ0n) is 11.5. The van der Waals surface area contributed by atoms with Gasteiger partial charge in [0.2, 0.25) is 0 Å². The summed E-state index contributed by atoms with van der Waals surface area (Å²) in [6.07, 6.45) is 4.94. The number of nitrogens with zero attached hydrogens (tertiary/aromatic N) is 1. The van der Waals surface area contributed by atoms with Gasteiger partial charge in [0.25, 0.3) is 0 Å². The largest absolute Gasteiger partial charge is 0.393 e. The molecule has 17 heavy (non-hydrogen) atoms. The molecule has 1 aliphatic carbocycles. The Hall–Kier alpha value is -0.120. The highest BCUT2D eigenvalue weighted by Crippen LogP contribution is 2.30.